The number of hydrogen-bond donors (Lipinski definition) is 1. The molecule has 0 saturated heterocycles. The molecule has 0 aliphatic rings. The second-order valence-corrected chi connectivity index (χ2v) is 2.72. The van der Waals surface area contributed by atoms with Gasteiger partial charge in [-0.25, -0.2) is 9.97 Å². The summed E-state index contributed by atoms with van der Waals surface area (Å²) >= 11 is 0. The van der Waals surface area contributed by atoms with Gasteiger partial charge in [0.2, 0.25) is 5.75 Å². The Morgan fingerprint density at radius 3 is 2.54 bits per heavy atom. The fourth-order valence-corrected chi connectivity index (χ4v) is 1.05. The van der Waals surface area contributed by atoms with E-state index in [0.717, 1.165) is 5.82 Å². The van der Waals surface area contributed by atoms with Crippen LogP contribution in [0.15, 0.2) is 6.33 Å². The maximum atomic E-state index is 5.20. The first-order valence-electron chi connectivity index (χ1n) is 3.94. The molecule has 0 unspecified atom stereocenters. The number of methoxy groups -OCH3 is 1. The molecule has 1 N–H and O–H groups in total. The zero-order valence-electron chi connectivity index (χ0n) is 8.33. The van der Waals surface area contributed by atoms with E-state index in [-0.39, 0.29) is 0 Å². The topological polar surface area (TPSA) is 50.3 Å². The largest absolute Gasteiger partial charge is 0.490 e. The van der Waals surface area contributed by atoms with Gasteiger partial charge in [0.15, 0.2) is 11.6 Å². The molecule has 0 saturated carbocycles. The molecule has 0 amide bonds. The zero-order chi connectivity index (χ0) is 9.84. The molecule has 1 aromatic heterocycles. The standard InChI is InChI=1S/C8H14N4O/c1-9-7-6(13-4)8(12(2)3)11-5-10-7/h5H,1-4H3,(H,9,10,11). The summed E-state index contributed by atoms with van der Waals surface area (Å²) in [5.74, 6) is 2.12. The van der Waals surface area contributed by atoms with E-state index in [9.17, 15) is 0 Å². The van der Waals surface area contributed by atoms with E-state index in [1.54, 1.807) is 14.2 Å². The van der Waals surface area contributed by atoms with Crippen molar-refractivity contribution in [3.8, 4) is 5.75 Å². The second kappa shape index (κ2) is 3.93. The van der Waals surface area contributed by atoms with E-state index in [4.69, 9.17) is 4.74 Å². The maximum Gasteiger partial charge on any atom is 0.204 e. The minimum Gasteiger partial charge on any atom is -0.490 e. The number of hydrogen-bond acceptors (Lipinski definition) is 5. The summed E-state index contributed by atoms with van der Waals surface area (Å²) < 4.78 is 5.20. The smallest absolute Gasteiger partial charge is 0.204 e. The van der Waals surface area contributed by atoms with Gasteiger partial charge in [0, 0.05) is 21.1 Å². The zero-order valence-corrected chi connectivity index (χ0v) is 8.33. The Bertz CT molecular complexity index is 287. The third-order valence-electron chi connectivity index (χ3n) is 1.65. The van der Waals surface area contributed by atoms with Gasteiger partial charge in [-0.15, -0.1) is 0 Å². The van der Waals surface area contributed by atoms with E-state index in [1.807, 2.05) is 19.0 Å². The van der Waals surface area contributed by atoms with Crippen molar-refractivity contribution < 1.29 is 4.74 Å². The first kappa shape index (κ1) is 9.57. The summed E-state index contributed by atoms with van der Waals surface area (Å²) in [5, 5.41) is 2.94. The Kier molecular flexibility index (Phi) is 2.89. The van der Waals surface area contributed by atoms with E-state index < -0.39 is 0 Å². The van der Waals surface area contributed by atoms with Crippen LogP contribution < -0.4 is 15.0 Å². The van der Waals surface area contributed by atoms with Gasteiger partial charge < -0.3 is 15.0 Å². The summed E-state index contributed by atoms with van der Waals surface area (Å²) in [7, 11) is 7.21. The van der Waals surface area contributed by atoms with Crippen molar-refractivity contribution in [2.24, 2.45) is 0 Å². The molecule has 0 aromatic carbocycles. The lowest BCUT2D eigenvalue weighted by Crippen LogP contribution is -2.13. The van der Waals surface area contributed by atoms with Crippen molar-refractivity contribution in [2.75, 3.05) is 38.5 Å². The van der Waals surface area contributed by atoms with E-state index in [1.165, 1.54) is 6.33 Å². The van der Waals surface area contributed by atoms with E-state index in [0.29, 0.717) is 11.6 Å². The molecule has 72 valence electrons. The highest BCUT2D eigenvalue weighted by atomic mass is 16.5. The fourth-order valence-electron chi connectivity index (χ4n) is 1.05. The van der Waals surface area contributed by atoms with Gasteiger partial charge in [-0.1, -0.05) is 0 Å². The summed E-state index contributed by atoms with van der Waals surface area (Å²) in [4.78, 5) is 10.0. The normalized spacial score (nSPS) is 9.54. The van der Waals surface area contributed by atoms with Gasteiger partial charge in [-0.2, -0.15) is 0 Å². The Morgan fingerprint density at radius 2 is 2.08 bits per heavy atom. The Morgan fingerprint density at radius 1 is 1.38 bits per heavy atom. The minimum atomic E-state index is 0.662. The molecule has 1 heterocycles. The summed E-state index contributed by atoms with van der Waals surface area (Å²) in [5.41, 5.74) is 0. The summed E-state index contributed by atoms with van der Waals surface area (Å²) in [6.45, 7) is 0. The molecule has 1 rings (SSSR count). The van der Waals surface area contributed by atoms with Crippen LogP contribution in [0.4, 0.5) is 11.6 Å². The third kappa shape index (κ3) is 1.80. The Balaban J connectivity index is 3.19. The predicted octanol–water partition coefficient (Wildman–Crippen LogP) is 0.593. The number of nitrogens with one attached hydrogen (secondary N) is 1. The van der Waals surface area contributed by atoms with E-state index in [2.05, 4.69) is 15.3 Å². The number of rotatable bonds is 3. The van der Waals surface area contributed by atoms with Gasteiger partial charge in [-0.05, 0) is 0 Å². The predicted molar refractivity (Wildman–Crippen MR) is 52.5 cm³/mol. The fraction of sp³-hybridized carbons (Fsp3) is 0.500. The lowest BCUT2D eigenvalue weighted by atomic mass is 10.4. The third-order valence-corrected chi connectivity index (χ3v) is 1.65. The molecule has 0 aliphatic carbocycles. The van der Waals surface area contributed by atoms with Gasteiger partial charge in [0.05, 0.1) is 7.11 Å². The molecule has 1 aromatic rings. The molecular weight excluding hydrogens is 168 g/mol. The number of ether oxygens (including phenoxy) is 1. The lowest BCUT2D eigenvalue weighted by molar-refractivity contribution is 0.413. The van der Waals surface area contributed by atoms with Crippen LogP contribution in [-0.4, -0.2) is 38.2 Å². The highest BCUT2D eigenvalue weighted by Crippen LogP contribution is 2.29. The van der Waals surface area contributed by atoms with Crippen LogP contribution in [0.25, 0.3) is 0 Å². The lowest BCUT2D eigenvalue weighted by Gasteiger charge is -2.16. The average molecular weight is 182 g/mol. The Hall–Kier alpha value is -1.52. The number of aromatic nitrogens is 2. The molecule has 0 fully saturated rings. The SMILES string of the molecule is CNc1ncnc(N(C)C)c1OC. The van der Waals surface area contributed by atoms with Gasteiger partial charge in [0.25, 0.3) is 0 Å². The molecule has 13 heavy (non-hydrogen) atoms. The second-order valence-electron chi connectivity index (χ2n) is 2.72. The minimum absolute atomic E-state index is 0.662. The highest BCUT2D eigenvalue weighted by Gasteiger charge is 2.11. The number of anilines is 2. The molecule has 5 heteroatoms. The molecule has 0 spiro atoms. The first-order valence-corrected chi connectivity index (χ1v) is 3.94. The van der Waals surface area contributed by atoms with Crippen LogP contribution in [-0.2, 0) is 0 Å². The van der Waals surface area contributed by atoms with Crippen molar-refractivity contribution in [3.63, 3.8) is 0 Å². The first-order chi connectivity index (χ1) is 6.20. The average Bonchev–Trinajstić information content (AvgIpc) is 2.16. The van der Waals surface area contributed by atoms with Crippen molar-refractivity contribution in [1.82, 2.24) is 9.97 Å². The molecule has 0 aliphatic heterocycles. The van der Waals surface area contributed by atoms with Crippen LogP contribution in [0.3, 0.4) is 0 Å². The van der Waals surface area contributed by atoms with Crippen LogP contribution in [0.2, 0.25) is 0 Å². The van der Waals surface area contributed by atoms with Gasteiger partial charge in [0.1, 0.15) is 6.33 Å². The quantitative estimate of drug-likeness (QED) is 0.741. The molecule has 0 bridgehead atoms. The molecule has 0 atom stereocenters. The molecule has 0 radical (unpaired) electrons. The van der Waals surface area contributed by atoms with Crippen molar-refractivity contribution in [2.45, 2.75) is 0 Å². The maximum absolute atomic E-state index is 5.20. The van der Waals surface area contributed by atoms with Crippen LogP contribution in [0.5, 0.6) is 5.75 Å². The van der Waals surface area contributed by atoms with Crippen LogP contribution in [0, 0.1) is 0 Å². The van der Waals surface area contributed by atoms with Crippen molar-refractivity contribution in [1.29, 1.82) is 0 Å². The number of nitrogens with zero attached hydrogens (tertiary/aromatic N) is 3. The summed E-state index contributed by atoms with van der Waals surface area (Å²) in [6.07, 6.45) is 1.50. The molecular formula is C8H14N4O. The Labute approximate surface area is 77.8 Å². The van der Waals surface area contributed by atoms with Gasteiger partial charge in [-0.3, -0.25) is 0 Å². The monoisotopic (exact) mass is 182 g/mol. The van der Waals surface area contributed by atoms with Gasteiger partial charge >= 0.3 is 0 Å². The summed E-state index contributed by atoms with van der Waals surface area (Å²) in [6, 6.07) is 0. The van der Waals surface area contributed by atoms with Crippen LogP contribution in [0.1, 0.15) is 0 Å². The van der Waals surface area contributed by atoms with Crippen LogP contribution >= 0.6 is 0 Å². The van der Waals surface area contributed by atoms with Crippen molar-refractivity contribution >= 4 is 11.6 Å². The van der Waals surface area contributed by atoms with Crippen molar-refractivity contribution in [3.05, 3.63) is 6.33 Å². The highest BCUT2D eigenvalue weighted by molar-refractivity contribution is 5.63. The van der Waals surface area contributed by atoms with E-state index >= 15 is 0 Å². The molecule has 5 nitrogen and oxygen atoms in total.